The highest BCUT2D eigenvalue weighted by atomic mass is 19.4. The lowest BCUT2D eigenvalue weighted by Crippen LogP contribution is -2.19. The van der Waals surface area contributed by atoms with Crippen molar-refractivity contribution in [3.8, 4) is 16.9 Å². The maximum absolute atomic E-state index is 14.6. The smallest absolute Gasteiger partial charge is 0.472 e. The average Bonchev–Trinajstić information content (AvgIpc) is 2.79. The minimum Gasteiger partial charge on any atom is -0.472 e. The van der Waals surface area contributed by atoms with Gasteiger partial charge in [-0.25, -0.2) is 17.6 Å². The van der Waals surface area contributed by atoms with E-state index < -0.39 is 52.8 Å². The normalized spacial score (nSPS) is 12.4. The van der Waals surface area contributed by atoms with Crippen molar-refractivity contribution in [3.63, 3.8) is 0 Å². The number of hydrogen-bond acceptors (Lipinski definition) is 2. The first kappa shape index (κ1) is 26.0. The fourth-order valence-corrected chi connectivity index (χ4v) is 3.26. The molecule has 3 rings (SSSR count). The lowest BCUT2D eigenvalue weighted by atomic mass is 9.98. The van der Waals surface area contributed by atoms with Gasteiger partial charge in [-0.05, 0) is 53.8 Å². The first-order valence-electron chi connectivity index (χ1n) is 9.81. The number of benzene rings is 3. The molecule has 3 aromatic rings. The van der Waals surface area contributed by atoms with Crippen LogP contribution in [0.15, 0.2) is 54.5 Å². The standard InChI is InChI=1S/C24H15F9O2/c1-34-23(30)21(29)14-5-3-13(4-6-14)15-10-17(25)16(18(26)11-15)7-2-12-8-19(27)22(20(28)9-12)35-24(31,32)33/h3-6,8-11H,2,7H2,1H3. The van der Waals surface area contributed by atoms with Crippen LogP contribution in [0, 0.1) is 23.3 Å². The third-order valence-corrected chi connectivity index (χ3v) is 4.90. The van der Waals surface area contributed by atoms with Crippen molar-refractivity contribution in [3.05, 3.63) is 94.5 Å². The zero-order valence-corrected chi connectivity index (χ0v) is 17.8. The van der Waals surface area contributed by atoms with Crippen LogP contribution in [0.25, 0.3) is 17.0 Å². The van der Waals surface area contributed by atoms with Crippen molar-refractivity contribution >= 4 is 5.83 Å². The molecule has 0 aliphatic rings. The summed E-state index contributed by atoms with van der Waals surface area (Å²) in [4.78, 5) is 0. The molecular formula is C24H15F9O2. The monoisotopic (exact) mass is 506 g/mol. The van der Waals surface area contributed by atoms with E-state index in [-0.39, 0.29) is 35.1 Å². The second-order valence-corrected chi connectivity index (χ2v) is 7.22. The predicted octanol–water partition coefficient (Wildman–Crippen LogP) is 7.81. The third-order valence-electron chi connectivity index (χ3n) is 4.90. The van der Waals surface area contributed by atoms with Gasteiger partial charge >= 0.3 is 12.4 Å². The highest BCUT2D eigenvalue weighted by molar-refractivity contribution is 5.68. The fourth-order valence-electron chi connectivity index (χ4n) is 3.26. The lowest BCUT2D eigenvalue weighted by Gasteiger charge is -2.12. The molecule has 186 valence electrons. The Hall–Kier alpha value is -3.63. The Morgan fingerprint density at radius 3 is 1.77 bits per heavy atom. The molecule has 0 spiro atoms. The van der Waals surface area contributed by atoms with Gasteiger partial charge in [0.25, 0.3) is 0 Å². The zero-order valence-electron chi connectivity index (χ0n) is 17.8. The SMILES string of the molecule is COC(F)=C(F)c1ccc(-c2cc(F)c(CCc3cc(F)c(OC(F)(F)F)c(F)c3)c(F)c2)cc1. The molecule has 0 unspecified atom stereocenters. The van der Waals surface area contributed by atoms with Crippen molar-refractivity contribution < 1.29 is 49.0 Å². The number of halogens is 9. The first-order chi connectivity index (χ1) is 16.4. The summed E-state index contributed by atoms with van der Waals surface area (Å²) in [6.07, 6.45) is -5.96. The van der Waals surface area contributed by atoms with E-state index in [0.717, 1.165) is 19.2 Å². The first-order valence-corrected chi connectivity index (χ1v) is 9.81. The van der Waals surface area contributed by atoms with Crippen LogP contribution in [0.1, 0.15) is 16.7 Å². The molecule has 0 radical (unpaired) electrons. The van der Waals surface area contributed by atoms with Gasteiger partial charge in [0.05, 0.1) is 7.11 Å². The van der Waals surface area contributed by atoms with Crippen molar-refractivity contribution in [2.24, 2.45) is 0 Å². The van der Waals surface area contributed by atoms with Crippen molar-refractivity contribution in [1.29, 1.82) is 0 Å². The quantitative estimate of drug-likeness (QED) is 0.241. The molecular weight excluding hydrogens is 491 g/mol. The van der Waals surface area contributed by atoms with Gasteiger partial charge in [-0.2, -0.15) is 8.78 Å². The molecule has 0 N–H and O–H groups in total. The maximum Gasteiger partial charge on any atom is 0.573 e. The van der Waals surface area contributed by atoms with E-state index in [1.807, 2.05) is 0 Å². The summed E-state index contributed by atoms with van der Waals surface area (Å²) in [5, 5.41) is 0. The number of ether oxygens (including phenoxy) is 2. The zero-order chi connectivity index (χ0) is 25.9. The van der Waals surface area contributed by atoms with Crippen LogP contribution >= 0.6 is 0 Å². The Labute approximate surface area is 193 Å². The molecule has 11 heteroatoms. The molecule has 0 bridgehead atoms. The lowest BCUT2D eigenvalue weighted by molar-refractivity contribution is -0.276. The number of aryl methyl sites for hydroxylation is 1. The summed E-state index contributed by atoms with van der Waals surface area (Å²) in [5.41, 5.74) is -0.355. The Bertz CT molecular complexity index is 1200. The molecule has 0 saturated heterocycles. The number of methoxy groups -OCH3 is 1. The number of alkyl halides is 3. The fraction of sp³-hybridized carbons (Fsp3) is 0.167. The van der Waals surface area contributed by atoms with Crippen LogP contribution < -0.4 is 4.74 Å². The van der Waals surface area contributed by atoms with E-state index in [0.29, 0.717) is 12.1 Å². The summed E-state index contributed by atoms with van der Waals surface area (Å²) >= 11 is 0. The Morgan fingerprint density at radius 2 is 1.29 bits per heavy atom. The molecule has 0 aliphatic heterocycles. The van der Waals surface area contributed by atoms with Crippen molar-refractivity contribution in [2.45, 2.75) is 19.2 Å². The van der Waals surface area contributed by atoms with Crippen LogP contribution in [0.4, 0.5) is 39.5 Å². The molecule has 0 atom stereocenters. The minimum atomic E-state index is -5.30. The summed E-state index contributed by atoms with van der Waals surface area (Å²) in [5.74, 6) is -8.09. The summed E-state index contributed by atoms with van der Waals surface area (Å²) in [7, 11) is 0.945. The van der Waals surface area contributed by atoms with Crippen LogP contribution in [-0.2, 0) is 17.6 Å². The average molecular weight is 506 g/mol. The van der Waals surface area contributed by atoms with Crippen LogP contribution in [-0.4, -0.2) is 13.5 Å². The Balaban J connectivity index is 1.79. The van der Waals surface area contributed by atoms with Crippen LogP contribution in [0.2, 0.25) is 0 Å². The van der Waals surface area contributed by atoms with Gasteiger partial charge in [-0.3, -0.25) is 0 Å². The topological polar surface area (TPSA) is 18.5 Å². The number of hydrogen-bond donors (Lipinski definition) is 0. The van der Waals surface area contributed by atoms with Crippen molar-refractivity contribution in [1.82, 2.24) is 0 Å². The van der Waals surface area contributed by atoms with Gasteiger partial charge in [-0.15, -0.1) is 13.2 Å². The highest BCUT2D eigenvalue weighted by Gasteiger charge is 2.34. The van der Waals surface area contributed by atoms with Crippen molar-refractivity contribution in [2.75, 3.05) is 7.11 Å². The Morgan fingerprint density at radius 1 is 0.743 bits per heavy atom. The molecule has 0 saturated carbocycles. The van der Waals surface area contributed by atoms with Gasteiger partial charge in [0, 0.05) is 11.1 Å². The second-order valence-electron chi connectivity index (χ2n) is 7.22. The molecule has 0 fully saturated rings. The summed E-state index contributed by atoms with van der Waals surface area (Å²) < 4.78 is 128. The molecule has 0 heterocycles. The molecule has 35 heavy (non-hydrogen) atoms. The molecule has 3 aromatic carbocycles. The second kappa shape index (κ2) is 10.3. The van der Waals surface area contributed by atoms with E-state index in [1.54, 1.807) is 0 Å². The van der Waals surface area contributed by atoms with Gasteiger partial charge in [0.1, 0.15) is 11.6 Å². The van der Waals surface area contributed by atoms with E-state index in [4.69, 9.17) is 0 Å². The van der Waals surface area contributed by atoms with Gasteiger partial charge < -0.3 is 9.47 Å². The summed E-state index contributed by atoms with van der Waals surface area (Å²) in [6.45, 7) is 0. The number of rotatable bonds is 7. The van der Waals surface area contributed by atoms with E-state index >= 15 is 0 Å². The van der Waals surface area contributed by atoms with E-state index in [2.05, 4.69) is 9.47 Å². The summed E-state index contributed by atoms with van der Waals surface area (Å²) in [6, 6.07) is 6.68. The van der Waals surface area contributed by atoms with Gasteiger partial charge in [-0.1, -0.05) is 24.3 Å². The molecule has 0 aromatic heterocycles. The van der Waals surface area contributed by atoms with E-state index in [9.17, 15) is 39.5 Å². The van der Waals surface area contributed by atoms with Crippen LogP contribution in [0.3, 0.4) is 0 Å². The van der Waals surface area contributed by atoms with Gasteiger partial charge in [0.2, 0.25) is 11.6 Å². The molecule has 0 aliphatic carbocycles. The highest BCUT2D eigenvalue weighted by Crippen LogP contribution is 2.31. The van der Waals surface area contributed by atoms with E-state index in [1.165, 1.54) is 24.3 Å². The minimum absolute atomic E-state index is 0.0812. The maximum atomic E-state index is 14.6. The third kappa shape index (κ3) is 6.28. The molecule has 0 amide bonds. The van der Waals surface area contributed by atoms with Crippen LogP contribution in [0.5, 0.6) is 5.75 Å². The van der Waals surface area contributed by atoms with Gasteiger partial charge in [0.15, 0.2) is 11.6 Å². The Kier molecular flexibility index (Phi) is 7.67. The molecule has 2 nitrogen and oxygen atoms in total. The predicted molar refractivity (Wildman–Crippen MR) is 108 cm³/mol. The largest absolute Gasteiger partial charge is 0.573 e.